The van der Waals surface area contributed by atoms with Crippen LogP contribution in [0, 0.1) is 0 Å². The van der Waals surface area contributed by atoms with E-state index < -0.39 is 0 Å². The fraction of sp³-hybridized carbons (Fsp3) is 0.0909. The minimum absolute atomic E-state index is 0.263. The summed E-state index contributed by atoms with van der Waals surface area (Å²) >= 11 is 3.45. The molecule has 0 aliphatic carbocycles. The SMILES string of the molecule is COc1ccc(C(=O)Nc2ccc3oc(-c4cccc(Br)c4)nc3c2)cc1OC. The molecule has 0 spiro atoms. The third-order valence-corrected chi connectivity index (χ3v) is 4.86. The Morgan fingerprint density at radius 1 is 1.00 bits per heavy atom. The lowest BCUT2D eigenvalue weighted by Crippen LogP contribution is -2.12. The predicted molar refractivity (Wildman–Crippen MR) is 115 cm³/mol. The average molecular weight is 453 g/mol. The number of oxazole rings is 1. The molecule has 0 saturated heterocycles. The monoisotopic (exact) mass is 452 g/mol. The Morgan fingerprint density at radius 3 is 2.59 bits per heavy atom. The number of amides is 1. The highest BCUT2D eigenvalue weighted by atomic mass is 79.9. The minimum atomic E-state index is -0.263. The van der Waals surface area contributed by atoms with Crippen molar-refractivity contribution in [2.45, 2.75) is 0 Å². The van der Waals surface area contributed by atoms with Gasteiger partial charge >= 0.3 is 0 Å². The van der Waals surface area contributed by atoms with Gasteiger partial charge in [-0.2, -0.15) is 0 Å². The van der Waals surface area contributed by atoms with Gasteiger partial charge in [-0.15, -0.1) is 0 Å². The number of carbonyl (C=O) groups excluding carboxylic acids is 1. The van der Waals surface area contributed by atoms with E-state index in [1.807, 2.05) is 24.3 Å². The Bertz CT molecular complexity index is 1200. The molecule has 4 aromatic rings. The highest BCUT2D eigenvalue weighted by Gasteiger charge is 2.13. The zero-order chi connectivity index (χ0) is 20.4. The lowest BCUT2D eigenvalue weighted by atomic mass is 10.1. The van der Waals surface area contributed by atoms with E-state index >= 15 is 0 Å². The van der Waals surface area contributed by atoms with Crippen LogP contribution in [0.1, 0.15) is 10.4 Å². The van der Waals surface area contributed by atoms with E-state index in [0.29, 0.717) is 39.7 Å². The van der Waals surface area contributed by atoms with Crippen LogP contribution in [0.25, 0.3) is 22.6 Å². The molecule has 0 unspecified atom stereocenters. The first-order chi connectivity index (χ1) is 14.1. The van der Waals surface area contributed by atoms with Crippen LogP contribution in [0.5, 0.6) is 11.5 Å². The van der Waals surface area contributed by atoms with Crippen molar-refractivity contribution in [3.05, 3.63) is 70.7 Å². The van der Waals surface area contributed by atoms with Crippen molar-refractivity contribution in [2.75, 3.05) is 19.5 Å². The number of methoxy groups -OCH3 is 2. The second-order valence-electron chi connectivity index (χ2n) is 6.24. The quantitative estimate of drug-likeness (QED) is 0.431. The summed E-state index contributed by atoms with van der Waals surface area (Å²) in [6.45, 7) is 0. The fourth-order valence-electron chi connectivity index (χ4n) is 2.93. The lowest BCUT2D eigenvalue weighted by Gasteiger charge is -2.10. The molecule has 7 heteroatoms. The number of ether oxygens (including phenoxy) is 2. The first-order valence-corrected chi connectivity index (χ1v) is 9.56. The summed E-state index contributed by atoms with van der Waals surface area (Å²) in [6, 6.07) is 18.1. The molecule has 0 atom stereocenters. The predicted octanol–water partition coefficient (Wildman–Crippen LogP) is 5.53. The van der Waals surface area contributed by atoms with Crippen molar-refractivity contribution in [3.8, 4) is 23.0 Å². The van der Waals surface area contributed by atoms with Gasteiger partial charge in [0.25, 0.3) is 5.91 Å². The molecule has 3 aromatic carbocycles. The van der Waals surface area contributed by atoms with Gasteiger partial charge in [-0.05, 0) is 54.6 Å². The maximum absolute atomic E-state index is 12.6. The van der Waals surface area contributed by atoms with E-state index in [1.54, 1.807) is 43.5 Å². The second-order valence-corrected chi connectivity index (χ2v) is 7.15. The van der Waals surface area contributed by atoms with Crippen molar-refractivity contribution < 1.29 is 18.7 Å². The smallest absolute Gasteiger partial charge is 0.255 e. The highest BCUT2D eigenvalue weighted by Crippen LogP contribution is 2.29. The Kier molecular flexibility index (Phi) is 5.22. The number of fused-ring (bicyclic) bond motifs is 1. The van der Waals surface area contributed by atoms with Gasteiger partial charge in [0, 0.05) is 21.3 Å². The maximum Gasteiger partial charge on any atom is 0.255 e. The number of aromatic nitrogens is 1. The molecule has 1 amide bonds. The molecule has 4 rings (SSSR count). The van der Waals surface area contributed by atoms with E-state index in [1.165, 1.54) is 7.11 Å². The zero-order valence-electron chi connectivity index (χ0n) is 15.7. The first kappa shape index (κ1) is 19.0. The van der Waals surface area contributed by atoms with Gasteiger partial charge < -0.3 is 19.2 Å². The number of benzene rings is 3. The normalized spacial score (nSPS) is 10.7. The summed E-state index contributed by atoms with van der Waals surface area (Å²) in [5.41, 5.74) is 3.24. The Labute approximate surface area is 175 Å². The minimum Gasteiger partial charge on any atom is -0.493 e. The molecular formula is C22H17BrN2O4. The van der Waals surface area contributed by atoms with E-state index in [2.05, 4.69) is 26.2 Å². The standard InChI is InChI=1S/C22H17BrN2O4/c1-27-19-8-6-13(11-20(19)28-2)21(26)24-16-7-9-18-17(12-16)25-22(29-18)14-4-3-5-15(23)10-14/h3-12H,1-2H3,(H,24,26). The van der Waals surface area contributed by atoms with Crippen LogP contribution in [0.4, 0.5) is 5.69 Å². The van der Waals surface area contributed by atoms with Gasteiger partial charge in [0.2, 0.25) is 5.89 Å². The number of hydrogen-bond donors (Lipinski definition) is 1. The molecule has 1 aromatic heterocycles. The van der Waals surface area contributed by atoms with Gasteiger partial charge in [-0.1, -0.05) is 22.0 Å². The summed E-state index contributed by atoms with van der Waals surface area (Å²) in [4.78, 5) is 17.2. The topological polar surface area (TPSA) is 73.6 Å². The third-order valence-electron chi connectivity index (χ3n) is 4.36. The molecule has 0 radical (unpaired) electrons. The lowest BCUT2D eigenvalue weighted by molar-refractivity contribution is 0.102. The van der Waals surface area contributed by atoms with Gasteiger partial charge in [0.1, 0.15) is 5.52 Å². The number of anilines is 1. The largest absolute Gasteiger partial charge is 0.493 e. The zero-order valence-corrected chi connectivity index (χ0v) is 17.3. The molecule has 0 bridgehead atoms. The Balaban J connectivity index is 1.59. The van der Waals surface area contributed by atoms with E-state index in [9.17, 15) is 4.79 Å². The number of carbonyl (C=O) groups is 1. The maximum atomic E-state index is 12.6. The summed E-state index contributed by atoms with van der Waals surface area (Å²) < 4.78 is 17.2. The van der Waals surface area contributed by atoms with E-state index in [4.69, 9.17) is 13.9 Å². The van der Waals surface area contributed by atoms with E-state index in [0.717, 1.165) is 10.0 Å². The molecule has 6 nitrogen and oxygen atoms in total. The average Bonchev–Trinajstić information content (AvgIpc) is 3.16. The van der Waals surface area contributed by atoms with Crippen LogP contribution in [0.15, 0.2) is 69.6 Å². The number of hydrogen-bond acceptors (Lipinski definition) is 5. The van der Waals surface area contributed by atoms with Gasteiger partial charge in [-0.3, -0.25) is 4.79 Å². The molecule has 0 saturated carbocycles. The van der Waals surface area contributed by atoms with Crippen LogP contribution in [0.3, 0.4) is 0 Å². The van der Waals surface area contributed by atoms with Crippen molar-refractivity contribution in [3.63, 3.8) is 0 Å². The van der Waals surface area contributed by atoms with Crippen molar-refractivity contribution in [1.82, 2.24) is 4.98 Å². The molecular weight excluding hydrogens is 436 g/mol. The summed E-state index contributed by atoms with van der Waals surface area (Å²) in [7, 11) is 3.08. The molecule has 146 valence electrons. The van der Waals surface area contributed by atoms with Gasteiger partial charge in [0.05, 0.1) is 14.2 Å². The summed E-state index contributed by atoms with van der Waals surface area (Å²) in [5.74, 6) is 1.31. The summed E-state index contributed by atoms with van der Waals surface area (Å²) in [6.07, 6.45) is 0. The molecule has 0 aliphatic heterocycles. The van der Waals surface area contributed by atoms with Crippen molar-refractivity contribution in [1.29, 1.82) is 0 Å². The molecule has 1 N–H and O–H groups in total. The Hall–Kier alpha value is -3.32. The van der Waals surface area contributed by atoms with Gasteiger partial charge in [-0.25, -0.2) is 4.98 Å². The van der Waals surface area contributed by atoms with Crippen LogP contribution < -0.4 is 14.8 Å². The number of nitrogens with one attached hydrogen (secondary N) is 1. The molecule has 0 aliphatic rings. The summed E-state index contributed by atoms with van der Waals surface area (Å²) in [5, 5.41) is 2.87. The number of halogens is 1. The molecule has 29 heavy (non-hydrogen) atoms. The van der Waals surface area contributed by atoms with Crippen LogP contribution in [-0.4, -0.2) is 25.1 Å². The first-order valence-electron chi connectivity index (χ1n) is 8.77. The number of nitrogens with zero attached hydrogens (tertiary/aromatic N) is 1. The molecule has 1 heterocycles. The van der Waals surface area contributed by atoms with Crippen LogP contribution in [-0.2, 0) is 0 Å². The molecule has 0 fully saturated rings. The fourth-order valence-corrected chi connectivity index (χ4v) is 3.33. The Morgan fingerprint density at radius 2 is 1.83 bits per heavy atom. The third kappa shape index (κ3) is 3.95. The second kappa shape index (κ2) is 7.97. The van der Waals surface area contributed by atoms with E-state index in [-0.39, 0.29) is 5.91 Å². The van der Waals surface area contributed by atoms with Crippen LogP contribution in [0.2, 0.25) is 0 Å². The number of rotatable bonds is 5. The highest BCUT2D eigenvalue weighted by molar-refractivity contribution is 9.10. The van der Waals surface area contributed by atoms with Gasteiger partial charge in [0.15, 0.2) is 17.1 Å². The van der Waals surface area contributed by atoms with Crippen molar-refractivity contribution >= 4 is 38.6 Å². The van der Waals surface area contributed by atoms with Crippen molar-refractivity contribution in [2.24, 2.45) is 0 Å². The van der Waals surface area contributed by atoms with Crippen LogP contribution >= 0.6 is 15.9 Å².